The highest BCUT2D eigenvalue weighted by Gasteiger charge is 2.51. The average Bonchev–Trinajstić information content (AvgIpc) is 2.94. The summed E-state index contributed by atoms with van der Waals surface area (Å²) in [5, 5.41) is 3.78. The molecule has 0 amide bonds. The topological polar surface area (TPSA) is 24.6 Å². The zero-order valence-corrected chi connectivity index (χ0v) is 9.75. The van der Waals surface area contributed by atoms with Crippen LogP contribution in [0.25, 0.3) is 0 Å². The van der Waals surface area contributed by atoms with Crippen molar-refractivity contribution in [3.8, 4) is 0 Å². The molecule has 2 fully saturated rings. The summed E-state index contributed by atoms with van der Waals surface area (Å²) in [7, 11) is 0. The van der Waals surface area contributed by atoms with Gasteiger partial charge in [0, 0.05) is 12.1 Å². The minimum Gasteiger partial charge on any atom is -0.365 e. The molecular weight excluding hydrogens is 186 g/mol. The Bertz CT molecular complexity index is 293. The Hall–Kier alpha value is -0.340. The van der Waals surface area contributed by atoms with Gasteiger partial charge in [-0.2, -0.15) is 0 Å². The minimum absolute atomic E-state index is 0.130. The van der Waals surface area contributed by atoms with Crippen molar-refractivity contribution in [1.82, 2.24) is 5.32 Å². The summed E-state index contributed by atoms with van der Waals surface area (Å²) in [6, 6.07) is 1.35. The van der Waals surface area contributed by atoms with Crippen molar-refractivity contribution in [1.29, 1.82) is 0 Å². The first kappa shape index (κ1) is 9.86. The first-order valence-electron chi connectivity index (χ1n) is 6.36. The first-order valence-corrected chi connectivity index (χ1v) is 6.36. The molecule has 2 heteroatoms. The van der Waals surface area contributed by atoms with Crippen molar-refractivity contribution in [3.05, 3.63) is 11.6 Å². The molecule has 4 unspecified atom stereocenters. The maximum Gasteiger partial charge on any atom is 0.114 e. The summed E-state index contributed by atoms with van der Waals surface area (Å²) in [4.78, 5) is 0. The number of nitrogens with one attached hydrogen (secondary N) is 1. The molecule has 0 aromatic rings. The molecule has 3 rings (SSSR count). The summed E-state index contributed by atoms with van der Waals surface area (Å²) in [5.41, 5.74) is 1.70. The number of fused-ring (bicyclic) bond motifs is 2. The van der Waals surface area contributed by atoms with Gasteiger partial charge in [-0.3, -0.25) is 0 Å². The number of hydrogen-bond donors (Lipinski definition) is 1. The smallest absolute Gasteiger partial charge is 0.114 e. The Kier molecular flexibility index (Phi) is 2.18. The molecular formula is C13H21NO. The Morgan fingerprint density at radius 1 is 1.60 bits per heavy atom. The van der Waals surface area contributed by atoms with Crippen LogP contribution in [0.1, 0.15) is 39.5 Å². The lowest BCUT2D eigenvalue weighted by Gasteiger charge is -2.24. The van der Waals surface area contributed by atoms with Gasteiger partial charge in [0.1, 0.15) is 5.60 Å². The molecule has 3 aliphatic rings. The van der Waals surface area contributed by atoms with Crippen molar-refractivity contribution in [3.63, 3.8) is 0 Å². The van der Waals surface area contributed by atoms with Gasteiger partial charge in [0.25, 0.3) is 0 Å². The summed E-state index contributed by atoms with van der Waals surface area (Å²) in [6.07, 6.45) is 7.49. The molecule has 0 aromatic carbocycles. The van der Waals surface area contributed by atoms with E-state index in [1.54, 1.807) is 5.57 Å². The highest BCUT2D eigenvalue weighted by Crippen LogP contribution is 2.45. The van der Waals surface area contributed by atoms with E-state index in [0.29, 0.717) is 6.04 Å². The summed E-state index contributed by atoms with van der Waals surface area (Å²) < 4.78 is 5.73. The van der Waals surface area contributed by atoms with Crippen molar-refractivity contribution in [2.75, 3.05) is 6.61 Å². The van der Waals surface area contributed by atoms with E-state index in [1.165, 1.54) is 19.3 Å². The summed E-state index contributed by atoms with van der Waals surface area (Å²) in [5.74, 6) is 0.786. The van der Waals surface area contributed by atoms with Gasteiger partial charge in [0.2, 0.25) is 0 Å². The highest BCUT2D eigenvalue weighted by atomic mass is 16.6. The largest absolute Gasteiger partial charge is 0.365 e. The van der Waals surface area contributed by atoms with Crippen LogP contribution in [0.2, 0.25) is 0 Å². The number of hydrogen-bond acceptors (Lipinski definition) is 2. The van der Waals surface area contributed by atoms with Gasteiger partial charge in [0.15, 0.2) is 0 Å². The van der Waals surface area contributed by atoms with E-state index in [0.717, 1.165) is 25.0 Å². The second kappa shape index (κ2) is 3.33. The second-order valence-corrected chi connectivity index (χ2v) is 5.43. The predicted molar refractivity (Wildman–Crippen MR) is 60.8 cm³/mol. The van der Waals surface area contributed by atoms with Crippen molar-refractivity contribution < 1.29 is 4.74 Å². The van der Waals surface area contributed by atoms with E-state index in [2.05, 4.69) is 25.2 Å². The monoisotopic (exact) mass is 207 g/mol. The fraction of sp³-hybridized carbons (Fsp3) is 0.846. The summed E-state index contributed by atoms with van der Waals surface area (Å²) in [6.45, 7) is 5.57. The molecule has 15 heavy (non-hydrogen) atoms. The molecule has 0 saturated carbocycles. The SMILES string of the molecule is CCC1(C2=CCCC3CC(C)C2N3)CO1. The van der Waals surface area contributed by atoms with Crippen LogP contribution < -0.4 is 5.32 Å². The fourth-order valence-corrected chi connectivity index (χ4v) is 3.37. The standard InChI is InChI=1S/C13H21NO/c1-3-13(8-15-13)11-6-4-5-10-7-9(2)12(11)14-10/h6,9-10,12,14H,3-5,7-8H2,1-2H3. The minimum atomic E-state index is 0.130. The first-order chi connectivity index (χ1) is 7.25. The number of ether oxygens (including phenoxy) is 1. The van der Waals surface area contributed by atoms with Gasteiger partial charge in [-0.25, -0.2) is 0 Å². The van der Waals surface area contributed by atoms with Crippen LogP contribution in [0, 0.1) is 5.92 Å². The third-order valence-corrected chi connectivity index (χ3v) is 4.45. The van der Waals surface area contributed by atoms with Gasteiger partial charge in [0.05, 0.1) is 6.61 Å². The van der Waals surface area contributed by atoms with Crippen LogP contribution in [0.15, 0.2) is 11.6 Å². The normalized spacial score (nSPS) is 48.7. The third-order valence-electron chi connectivity index (χ3n) is 4.45. The van der Waals surface area contributed by atoms with Crippen molar-refractivity contribution >= 4 is 0 Å². The molecule has 0 aromatic heterocycles. The predicted octanol–water partition coefficient (Wildman–Crippen LogP) is 2.25. The molecule has 0 radical (unpaired) electrons. The number of allylic oxidation sites excluding steroid dienone is 1. The maximum absolute atomic E-state index is 5.73. The van der Waals surface area contributed by atoms with Gasteiger partial charge in [-0.1, -0.05) is 19.9 Å². The zero-order valence-electron chi connectivity index (χ0n) is 9.75. The average molecular weight is 207 g/mol. The van der Waals surface area contributed by atoms with E-state index in [9.17, 15) is 0 Å². The van der Waals surface area contributed by atoms with E-state index in [4.69, 9.17) is 4.74 Å². The molecule has 0 aliphatic carbocycles. The molecule has 3 heterocycles. The van der Waals surface area contributed by atoms with Crippen LogP contribution >= 0.6 is 0 Å². The van der Waals surface area contributed by atoms with Crippen molar-refractivity contribution in [2.45, 2.75) is 57.2 Å². The van der Waals surface area contributed by atoms with Crippen LogP contribution in [0.5, 0.6) is 0 Å². The lowest BCUT2D eigenvalue weighted by atomic mass is 9.83. The molecule has 1 N–H and O–H groups in total. The van der Waals surface area contributed by atoms with Gasteiger partial charge in [-0.15, -0.1) is 0 Å². The van der Waals surface area contributed by atoms with E-state index < -0.39 is 0 Å². The molecule has 0 spiro atoms. The van der Waals surface area contributed by atoms with Crippen LogP contribution in [0.4, 0.5) is 0 Å². The van der Waals surface area contributed by atoms with E-state index in [-0.39, 0.29) is 5.60 Å². The lowest BCUT2D eigenvalue weighted by Crippen LogP contribution is -2.36. The van der Waals surface area contributed by atoms with Gasteiger partial charge in [-0.05, 0) is 37.2 Å². The molecule has 2 saturated heterocycles. The van der Waals surface area contributed by atoms with Gasteiger partial charge >= 0.3 is 0 Å². The Balaban J connectivity index is 1.89. The summed E-state index contributed by atoms with van der Waals surface area (Å²) >= 11 is 0. The molecule has 2 nitrogen and oxygen atoms in total. The van der Waals surface area contributed by atoms with E-state index >= 15 is 0 Å². The lowest BCUT2D eigenvalue weighted by molar-refractivity contribution is 0.310. The highest BCUT2D eigenvalue weighted by molar-refractivity contribution is 5.32. The molecule has 3 aliphatic heterocycles. The molecule has 84 valence electrons. The van der Waals surface area contributed by atoms with Crippen LogP contribution in [-0.2, 0) is 4.74 Å². The van der Waals surface area contributed by atoms with E-state index in [1.807, 2.05) is 0 Å². The second-order valence-electron chi connectivity index (χ2n) is 5.43. The van der Waals surface area contributed by atoms with Crippen molar-refractivity contribution in [2.24, 2.45) is 5.92 Å². The number of epoxide rings is 1. The number of rotatable bonds is 2. The Labute approximate surface area is 92.1 Å². The Morgan fingerprint density at radius 3 is 3.07 bits per heavy atom. The molecule has 2 bridgehead atoms. The third kappa shape index (κ3) is 1.46. The quantitative estimate of drug-likeness (QED) is 0.555. The van der Waals surface area contributed by atoms with Crippen LogP contribution in [0.3, 0.4) is 0 Å². The van der Waals surface area contributed by atoms with Gasteiger partial charge < -0.3 is 10.1 Å². The fourth-order valence-electron chi connectivity index (χ4n) is 3.37. The molecule has 4 atom stereocenters. The Morgan fingerprint density at radius 2 is 2.40 bits per heavy atom. The van der Waals surface area contributed by atoms with Crippen LogP contribution in [-0.4, -0.2) is 24.3 Å². The maximum atomic E-state index is 5.73. The zero-order chi connectivity index (χ0) is 10.5.